The van der Waals surface area contributed by atoms with Crippen molar-refractivity contribution in [3.8, 4) is 6.07 Å². The second kappa shape index (κ2) is 5.50. The summed E-state index contributed by atoms with van der Waals surface area (Å²) in [5.41, 5.74) is 1.36. The molecule has 1 aromatic carbocycles. The summed E-state index contributed by atoms with van der Waals surface area (Å²) in [5.74, 6) is 0. The molecule has 0 N–H and O–H groups in total. The topological polar surface area (TPSA) is 79.8 Å². The fourth-order valence-corrected chi connectivity index (χ4v) is 2.35. The number of hydrogen-bond acceptors (Lipinski definition) is 5. The summed E-state index contributed by atoms with van der Waals surface area (Å²) in [6.45, 7) is 1.85. The van der Waals surface area contributed by atoms with Crippen molar-refractivity contribution in [2.75, 3.05) is 0 Å². The predicted octanol–water partition coefficient (Wildman–Crippen LogP) is 3.32. The van der Waals surface area contributed by atoms with Crippen LogP contribution in [0.1, 0.15) is 11.3 Å². The lowest BCUT2D eigenvalue weighted by Crippen LogP contribution is -1.90. The molecule has 1 heterocycles. The number of nitriles is 1. The lowest BCUT2D eigenvalue weighted by Gasteiger charge is -2.03. The Bertz CT molecular complexity index is 663. The lowest BCUT2D eigenvalue weighted by molar-refractivity contribution is -0.384. The van der Waals surface area contributed by atoms with Crippen LogP contribution in [0.4, 0.5) is 5.69 Å². The van der Waals surface area contributed by atoms with Gasteiger partial charge in [0.25, 0.3) is 5.69 Å². The summed E-state index contributed by atoms with van der Waals surface area (Å²) in [5, 5.41) is 20.2. The van der Waals surface area contributed by atoms with E-state index in [2.05, 4.69) is 11.1 Å². The van der Waals surface area contributed by atoms with Gasteiger partial charge in [-0.1, -0.05) is 11.8 Å². The molecule has 1 aromatic heterocycles. The van der Waals surface area contributed by atoms with E-state index in [4.69, 9.17) is 5.26 Å². The van der Waals surface area contributed by atoms with Crippen molar-refractivity contribution in [3.63, 3.8) is 0 Å². The summed E-state index contributed by atoms with van der Waals surface area (Å²) >= 11 is 1.32. The average Bonchev–Trinajstić information content (AvgIpc) is 2.39. The van der Waals surface area contributed by atoms with Gasteiger partial charge in [-0.3, -0.25) is 10.1 Å². The smallest absolute Gasteiger partial charge is 0.258 e. The molecule has 0 unspecified atom stereocenters. The highest BCUT2D eigenvalue weighted by molar-refractivity contribution is 7.99. The van der Waals surface area contributed by atoms with Crippen LogP contribution >= 0.6 is 11.8 Å². The minimum atomic E-state index is -0.444. The predicted molar refractivity (Wildman–Crippen MR) is 70.9 cm³/mol. The molecule has 0 fully saturated rings. The number of nitrogens with zero attached hydrogens (tertiary/aromatic N) is 3. The third-order valence-corrected chi connectivity index (χ3v) is 3.39. The maximum Gasteiger partial charge on any atom is 0.269 e. The number of nitro groups is 1. The van der Waals surface area contributed by atoms with Gasteiger partial charge in [-0.15, -0.1) is 0 Å². The van der Waals surface area contributed by atoms with Gasteiger partial charge in [0, 0.05) is 22.7 Å². The second-order valence-corrected chi connectivity index (χ2v) is 4.83. The van der Waals surface area contributed by atoms with Gasteiger partial charge in [-0.05, 0) is 31.2 Å². The molecular weight excluding hydrogens is 262 g/mol. The number of benzene rings is 1. The first kappa shape index (κ1) is 13.1. The number of aromatic nitrogens is 1. The fourth-order valence-electron chi connectivity index (χ4n) is 1.44. The molecule has 6 heteroatoms. The van der Waals surface area contributed by atoms with Crippen LogP contribution in [0.25, 0.3) is 0 Å². The Labute approximate surface area is 114 Å². The third-order valence-electron chi connectivity index (χ3n) is 2.38. The van der Waals surface area contributed by atoms with E-state index < -0.39 is 4.92 Å². The summed E-state index contributed by atoms with van der Waals surface area (Å²) in [6, 6.07) is 11.7. The van der Waals surface area contributed by atoms with Gasteiger partial charge >= 0.3 is 0 Å². The molecule has 94 valence electrons. The first-order chi connectivity index (χ1) is 9.10. The fraction of sp³-hybridized carbons (Fsp3) is 0.0769. The van der Waals surface area contributed by atoms with E-state index in [1.165, 1.54) is 23.9 Å². The van der Waals surface area contributed by atoms with Crippen molar-refractivity contribution >= 4 is 17.4 Å². The van der Waals surface area contributed by atoms with Gasteiger partial charge in [0.05, 0.1) is 10.5 Å². The van der Waals surface area contributed by atoms with E-state index in [1.54, 1.807) is 24.3 Å². The Morgan fingerprint density at radius 1 is 1.26 bits per heavy atom. The highest BCUT2D eigenvalue weighted by atomic mass is 32.2. The summed E-state index contributed by atoms with van der Waals surface area (Å²) in [4.78, 5) is 15.2. The highest BCUT2D eigenvalue weighted by Crippen LogP contribution is 2.29. The molecule has 0 aliphatic rings. The standard InChI is InChI=1S/C13H9N3O2S/c1-9-2-3-10(8-14)13(15-9)19-12-6-4-11(5-7-12)16(17)18/h2-7H,1H3. The highest BCUT2D eigenvalue weighted by Gasteiger charge is 2.08. The molecule has 0 bridgehead atoms. The Morgan fingerprint density at radius 3 is 2.53 bits per heavy atom. The van der Waals surface area contributed by atoms with Crippen molar-refractivity contribution in [2.24, 2.45) is 0 Å². The van der Waals surface area contributed by atoms with Gasteiger partial charge in [0.1, 0.15) is 11.1 Å². The van der Waals surface area contributed by atoms with Gasteiger partial charge in [-0.2, -0.15) is 5.26 Å². The Morgan fingerprint density at radius 2 is 1.95 bits per heavy atom. The molecule has 5 nitrogen and oxygen atoms in total. The maximum atomic E-state index is 10.6. The number of pyridine rings is 1. The van der Waals surface area contributed by atoms with Crippen molar-refractivity contribution in [1.29, 1.82) is 5.26 Å². The van der Waals surface area contributed by atoms with Crippen LogP contribution in [-0.4, -0.2) is 9.91 Å². The molecule has 0 spiro atoms. The van der Waals surface area contributed by atoms with Crippen LogP contribution in [0, 0.1) is 28.4 Å². The van der Waals surface area contributed by atoms with Crippen molar-refractivity contribution in [3.05, 3.63) is 57.8 Å². The molecule has 2 aromatic rings. The zero-order valence-corrected chi connectivity index (χ0v) is 10.8. The first-order valence-electron chi connectivity index (χ1n) is 5.40. The number of rotatable bonds is 3. The second-order valence-electron chi connectivity index (χ2n) is 3.77. The van der Waals surface area contributed by atoms with Crippen LogP contribution in [0.15, 0.2) is 46.3 Å². The van der Waals surface area contributed by atoms with Crippen LogP contribution in [-0.2, 0) is 0 Å². The number of nitro benzene ring substituents is 1. The zero-order valence-electron chi connectivity index (χ0n) is 10.0. The van der Waals surface area contributed by atoms with Gasteiger partial charge in [-0.25, -0.2) is 4.98 Å². The molecular formula is C13H9N3O2S. The van der Waals surface area contributed by atoms with E-state index in [0.29, 0.717) is 10.6 Å². The number of aryl methyl sites for hydroxylation is 1. The van der Waals surface area contributed by atoms with Crippen LogP contribution < -0.4 is 0 Å². The molecule has 2 rings (SSSR count). The van der Waals surface area contributed by atoms with E-state index >= 15 is 0 Å². The van der Waals surface area contributed by atoms with Crippen molar-refractivity contribution < 1.29 is 4.92 Å². The molecule has 0 atom stereocenters. The quantitative estimate of drug-likeness (QED) is 0.632. The van der Waals surface area contributed by atoms with E-state index in [9.17, 15) is 10.1 Å². The monoisotopic (exact) mass is 271 g/mol. The van der Waals surface area contributed by atoms with E-state index in [-0.39, 0.29) is 5.69 Å². The molecule has 0 aliphatic heterocycles. The van der Waals surface area contributed by atoms with Gasteiger partial charge in [0.2, 0.25) is 0 Å². The Balaban J connectivity index is 2.28. The molecule has 0 aliphatic carbocycles. The normalized spacial score (nSPS) is 9.89. The summed E-state index contributed by atoms with van der Waals surface area (Å²) in [6.07, 6.45) is 0. The van der Waals surface area contributed by atoms with Crippen molar-refractivity contribution in [1.82, 2.24) is 4.98 Å². The van der Waals surface area contributed by atoms with Crippen LogP contribution in [0.5, 0.6) is 0 Å². The third kappa shape index (κ3) is 3.09. The zero-order chi connectivity index (χ0) is 13.8. The minimum Gasteiger partial charge on any atom is -0.258 e. The Hall–Kier alpha value is -2.39. The SMILES string of the molecule is Cc1ccc(C#N)c(Sc2ccc([N+](=O)[O-])cc2)n1. The van der Waals surface area contributed by atoms with E-state index in [1.807, 2.05) is 6.92 Å². The molecule has 0 amide bonds. The van der Waals surface area contributed by atoms with Gasteiger partial charge in [0.15, 0.2) is 0 Å². The summed E-state index contributed by atoms with van der Waals surface area (Å²) < 4.78 is 0. The minimum absolute atomic E-state index is 0.0436. The maximum absolute atomic E-state index is 10.6. The first-order valence-corrected chi connectivity index (χ1v) is 6.22. The average molecular weight is 271 g/mol. The van der Waals surface area contributed by atoms with Gasteiger partial charge < -0.3 is 0 Å². The van der Waals surface area contributed by atoms with Crippen LogP contribution in [0.2, 0.25) is 0 Å². The lowest BCUT2D eigenvalue weighted by atomic mass is 10.3. The van der Waals surface area contributed by atoms with Crippen molar-refractivity contribution in [2.45, 2.75) is 16.8 Å². The largest absolute Gasteiger partial charge is 0.269 e. The molecule has 0 saturated heterocycles. The number of non-ortho nitro benzene ring substituents is 1. The van der Waals surface area contributed by atoms with Crippen LogP contribution in [0.3, 0.4) is 0 Å². The Kier molecular flexibility index (Phi) is 3.78. The molecule has 0 radical (unpaired) electrons. The van der Waals surface area contributed by atoms with E-state index in [0.717, 1.165) is 10.6 Å². The number of hydrogen-bond donors (Lipinski definition) is 0. The molecule has 0 saturated carbocycles. The summed E-state index contributed by atoms with van der Waals surface area (Å²) in [7, 11) is 0. The molecule has 19 heavy (non-hydrogen) atoms.